The van der Waals surface area contributed by atoms with Crippen LogP contribution in [0.3, 0.4) is 0 Å². The van der Waals surface area contributed by atoms with E-state index in [2.05, 4.69) is 10.3 Å². The third kappa shape index (κ3) is 3.43. The van der Waals surface area contributed by atoms with E-state index >= 15 is 0 Å². The van der Waals surface area contributed by atoms with Crippen LogP contribution < -0.4 is 5.32 Å². The van der Waals surface area contributed by atoms with E-state index in [9.17, 15) is 9.59 Å². The van der Waals surface area contributed by atoms with Crippen LogP contribution in [0, 0.1) is 5.92 Å². The lowest BCUT2D eigenvalue weighted by Crippen LogP contribution is -2.42. The lowest BCUT2D eigenvalue weighted by molar-refractivity contribution is -0.138. The summed E-state index contributed by atoms with van der Waals surface area (Å²) in [5.41, 5.74) is 0. The molecule has 0 radical (unpaired) electrons. The van der Waals surface area contributed by atoms with Crippen molar-refractivity contribution >= 4 is 28.5 Å². The van der Waals surface area contributed by atoms with Crippen LogP contribution in [0.4, 0.5) is 9.93 Å². The van der Waals surface area contributed by atoms with Gasteiger partial charge in [0, 0.05) is 31.1 Å². The molecule has 2 heterocycles. The first-order valence-corrected chi connectivity index (χ1v) is 6.70. The molecule has 1 saturated heterocycles. The number of carbonyl (C=O) groups excluding carboxylic acids is 1. The van der Waals surface area contributed by atoms with Crippen molar-refractivity contribution in [2.75, 3.05) is 18.4 Å². The van der Waals surface area contributed by atoms with E-state index < -0.39 is 5.97 Å². The number of carbonyl (C=O) groups is 2. The van der Waals surface area contributed by atoms with Crippen molar-refractivity contribution in [3.05, 3.63) is 11.6 Å². The Bertz CT molecular complexity index is 421. The van der Waals surface area contributed by atoms with Gasteiger partial charge in [0.1, 0.15) is 0 Å². The number of piperidine rings is 1. The number of aliphatic carboxylic acids is 1. The van der Waals surface area contributed by atoms with E-state index in [0.29, 0.717) is 18.2 Å². The Morgan fingerprint density at radius 2 is 2.44 bits per heavy atom. The number of thiazole rings is 1. The number of anilines is 1. The van der Waals surface area contributed by atoms with E-state index in [1.54, 1.807) is 16.5 Å². The van der Waals surface area contributed by atoms with Gasteiger partial charge >= 0.3 is 12.0 Å². The fraction of sp³-hybridized carbons (Fsp3) is 0.545. The predicted octanol–water partition coefficient (Wildman–Crippen LogP) is 1.86. The Labute approximate surface area is 109 Å². The van der Waals surface area contributed by atoms with Gasteiger partial charge in [0.25, 0.3) is 0 Å². The molecule has 1 atom stereocenters. The number of rotatable bonds is 3. The topological polar surface area (TPSA) is 82.5 Å². The molecule has 1 fully saturated rings. The van der Waals surface area contributed by atoms with Crippen LogP contribution in [0.2, 0.25) is 0 Å². The number of hydrogen-bond acceptors (Lipinski definition) is 4. The van der Waals surface area contributed by atoms with Gasteiger partial charge in [-0.05, 0) is 18.8 Å². The van der Waals surface area contributed by atoms with Gasteiger partial charge in [-0.3, -0.25) is 10.1 Å². The molecule has 2 amide bonds. The van der Waals surface area contributed by atoms with Crippen molar-refractivity contribution < 1.29 is 14.7 Å². The van der Waals surface area contributed by atoms with Crippen molar-refractivity contribution in [2.24, 2.45) is 5.92 Å². The lowest BCUT2D eigenvalue weighted by atomic mass is 9.95. The van der Waals surface area contributed by atoms with E-state index in [1.807, 2.05) is 0 Å². The maximum absolute atomic E-state index is 11.9. The van der Waals surface area contributed by atoms with E-state index in [4.69, 9.17) is 5.11 Å². The molecular weight excluding hydrogens is 254 g/mol. The standard InChI is InChI=1S/C11H15N3O3S/c15-9(16)6-8-2-1-4-14(7-8)11(17)13-10-12-3-5-18-10/h3,5,8H,1-2,4,6-7H2,(H,15,16)(H,12,13,17). The van der Waals surface area contributed by atoms with Crippen LogP contribution >= 0.6 is 11.3 Å². The molecule has 0 aromatic carbocycles. The van der Waals surface area contributed by atoms with Crippen molar-refractivity contribution in [3.8, 4) is 0 Å². The zero-order chi connectivity index (χ0) is 13.0. The smallest absolute Gasteiger partial charge is 0.323 e. The second-order valence-electron chi connectivity index (χ2n) is 4.32. The van der Waals surface area contributed by atoms with Crippen LogP contribution in [0.25, 0.3) is 0 Å². The molecule has 0 bridgehead atoms. The van der Waals surface area contributed by atoms with Crippen molar-refractivity contribution in [1.82, 2.24) is 9.88 Å². The first-order valence-electron chi connectivity index (χ1n) is 5.82. The molecule has 1 aliphatic rings. The summed E-state index contributed by atoms with van der Waals surface area (Å²) in [6.07, 6.45) is 3.47. The van der Waals surface area contributed by atoms with E-state index in [1.165, 1.54) is 11.3 Å². The zero-order valence-corrected chi connectivity index (χ0v) is 10.7. The van der Waals surface area contributed by atoms with Crippen LogP contribution in [0.5, 0.6) is 0 Å². The number of amides is 2. The molecule has 1 aliphatic heterocycles. The van der Waals surface area contributed by atoms with Gasteiger partial charge in [-0.15, -0.1) is 11.3 Å². The number of nitrogens with one attached hydrogen (secondary N) is 1. The number of carboxylic acid groups (broad SMARTS) is 1. The van der Waals surface area contributed by atoms with Crippen LogP contribution in [0.1, 0.15) is 19.3 Å². The Hall–Kier alpha value is -1.63. The molecule has 7 heteroatoms. The normalized spacial score (nSPS) is 19.6. The average molecular weight is 269 g/mol. The molecule has 98 valence electrons. The third-order valence-corrected chi connectivity index (χ3v) is 3.60. The van der Waals surface area contributed by atoms with E-state index in [-0.39, 0.29) is 18.4 Å². The molecule has 6 nitrogen and oxygen atoms in total. The van der Waals surface area contributed by atoms with Gasteiger partial charge in [-0.2, -0.15) is 0 Å². The second kappa shape index (κ2) is 5.81. The third-order valence-electron chi connectivity index (χ3n) is 2.92. The lowest BCUT2D eigenvalue weighted by Gasteiger charge is -2.31. The molecule has 1 aromatic rings. The zero-order valence-electron chi connectivity index (χ0n) is 9.83. The number of nitrogens with zero attached hydrogens (tertiary/aromatic N) is 2. The van der Waals surface area contributed by atoms with Crippen LogP contribution in [-0.4, -0.2) is 40.1 Å². The molecule has 0 spiro atoms. The molecule has 0 saturated carbocycles. The molecule has 2 rings (SSSR count). The molecule has 18 heavy (non-hydrogen) atoms. The number of aromatic nitrogens is 1. The molecule has 1 aromatic heterocycles. The summed E-state index contributed by atoms with van der Waals surface area (Å²) in [4.78, 5) is 28.3. The molecule has 1 unspecified atom stereocenters. The van der Waals surface area contributed by atoms with E-state index in [0.717, 1.165) is 12.8 Å². The van der Waals surface area contributed by atoms with Crippen molar-refractivity contribution in [2.45, 2.75) is 19.3 Å². The summed E-state index contributed by atoms with van der Waals surface area (Å²) in [5.74, 6) is -0.750. The summed E-state index contributed by atoms with van der Waals surface area (Å²) < 4.78 is 0. The van der Waals surface area contributed by atoms with Gasteiger partial charge in [0.05, 0.1) is 0 Å². The molecule has 0 aliphatic carbocycles. The summed E-state index contributed by atoms with van der Waals surface area (Å²) in [5, 5.41) is 13.8. The fourth-order valence-corrected chi connectivity index (χ4v) is 2.64. The summed E-state index contributed by atoms with van der Waals surface area (Å²) in [6.45, 7) is 1.18. The quantitative estimate of drug-likeness (QED) is 0.877. The maximum atomic E-state index is 11.9. The van der Waals surface area contributed by atoms with Crippen LogP contribution in [0.15, 0.2) is 11.6 Å². The number of urea groups is 1. The minimum Gasteiger partial charge on any atom is -0.481 e. The van der Waals surface area contributed by atoms with Gasteiger partial charge in [-0.1, -0.05) is 0 Å². The number of hydrogen-bond donors (Lipinski definition) is 2. The molecular formula is C11H15N3O3S. The highest BCUT2D eigenvalue weighted by Gasteiger charge is 2.25. The second-order valence-corrected chi connectivity index (χ2v) is 5.21. The maximum Gasteiger partial charge on any atom is 0.323 e. The summed E-state index contributed by atoms with van der Waals surface area (Å²) in [7, 11) is 0. The summed E-state index contributed by atoms with van der Waals surface area (Å²) in [6, 6.07) is -0.194. The Balaban J connectivity index is 1.88. The Morgan fingerprint density at radius 3 is 3.11 bits per heavy atom. The molecule has 2 N–H and O–H groups in total. The highest BCUT2D eigenvalue weighted by Crippen LogP contribution is 2.20. The van der Waals surface area contributed by atoms with Crippen molar-refractivity contribution in [3.63, 3.8) is 0 Å². The SMILES string of the molecule is O=C(O)CC1CCCN(C(=O)Nc2nccs2)C1. The number of likely N-dealkylation sites (tertiary alicyclic amines) is 1. The van der Waals surface area contributed by atoms with Gasteiger partial charge in [0.15, 0.2) is 5.13 Å². The minimum absolute atomic E-state index is 0.0540. The summed E-state index contributed by atoms with van der Waals surface area (Å²) >= 11 is 1.36. The minimum atomic E-state index is -0.804. The Kier molecular flexibility index (Phi) is 4.14. The predicted molar refractivity (Wildman–Crippen MR) is 67.7 cm³/mol. The first-order chi connectivity index (χ1) is 8.65. The van der Waals surface area contributed by atoms with Crippen molar-refractivity contribution in [1.29, 1.82) is 0 Å². The van der Waals surface area contributed by atoms with Gasteiger partial charge < -0.3 is 10.0 Å². The Morgan fingerprint density at radius 1 is 1.61 bits per heavy atom. The van der Waals surface area contributed by atoms with Gasteiger partial charge in [-0.25, -0.2) is 9.78 Å². The average Bonchev–Trinajstić information content (AvgIpc) is 2.81. The highest BCUT2D eigenvalue weighted by molar-refractivity contribution is 7.13. The number of carboxylic acids is 1. The van der Waals surface area contributed by atoms with Crippen LogP contribution in [-0.2, 0) is 4.79 Å². The largest absolute Gasteiger partial charge is 0.481 e. The fourth-order valence-electron chi connectivity index (χ4n) is 2.12. The highest BCUT2D eigenvalue weighted by atomic mass is 32.1. The first kappa shape index (κ1) is 12.8. The monoisotopic (exact) mass is 269 g/mol. The van der Waals surface area contributed by atoms with Gasteiger partial charge in [0.2, 0.25) is 0 Å².